The fraction of sp³-hybridized carbons (Fsp3) is 0.122. The molecule has 2 N–H and O–H groups in total. The first kappa shape index (κ1) is 44.4. The summed E-state index contributed by atoms with van der Waals surface area (Å²) in [7, 11) is -7.62. The summed E-state index contributed by atoms with van der Waals surface area (Å²) in [6, 6.07) is 32.5. The number of ether oxygens (including phenoxy) is 1. The van der Waals surface area contributed by atoms with Gasteiger partial charge in [0.05, 0.1) is 49.4 Å². The van der Waals surface area contributed by atoms with Crippen LogP contribution in [-0.4, -0.2) is 78.7 Å². The average Bonchev–Trinajstić information content (AvgIpc) is 4.05. The number of nitrogens with zero attached hydrogens (tertiary/aromatic N) is 6. The molecule has 10 rings (SSSR count). The van der Waals surface area contributed by atoms with E-state index in [9.17, 15) is 30.8 Å². The molecule has 0 spiro atoms. The van der Waals surface area contributed by atoms with Crippen LogP contribution in [0.5, 0.6) is 0 Å². The van der Waals surface area contributed by atoms with Crippen molar-refractivity contribution in [3.8, 4) is 0 Å². The van der Waals surface area contributed by atoms with Crippen LogP contribution < -0.4 is 15.5 Å². The fourth-order valence-corrected chi connectivity index (χ4v) is 9.98. The van der Waals surface area contributed by atoms with Gasteiger partial charge in [-0.25, -0.2) is 31.2 Å². The lowest BCUT2D eigenvalue weighted by Crippen LogP contribution is -2.36. The van der Waals surface area contributed by atoms with E-state index in [1.807, 2.05) is 29.2 Å². The Morgan fingerprint density at radius 2 is 1.13 bits per heavy atom. The predicted octanol–water partition coefficient (Wildman–Crippen LogP) is 6.72. The van der Waals surface area contributed by atoms with Crippen LogP contribution in [0.2, 0.25) is 0 Å². The van der Waals surface area contributed by atoms with Crippen molar-refractivity contribution in [3.63, 3.8) is 0 Å². The number of morpholine rings is 1. The van der Waals surface area contributed by atoms with E-state index in [1.165, 1.54) is 30.5 Å². The smallest absolute Gasteiger partial charge is 0.253 e. The number of carbonyl (C=O) groups is 2. The van der Waals surface area contributed by atoms with E-state index in [-0.39, 0.29) is 44.5 Å². The van der Waals surface area contributed by atoms with Crippen molar-refractivity contribution >= 4 is 59.4 Å². The number of rotatable bonds is 11. The molecule has 0 saturated carbocycles. The standard InChI is InChI=1S/C25H23FN4O4S.C24H18N4O3S/c26-20-13-21(29-9-11-34-12-10-29)15-23(14-20)35(32,33)22-4-1-18(2-5-22)16-28-25(31)19-3-6-24-27-7-8-30(24)17-19;29-24(19-7-10-23-25-11-12-28(23)16-19)27-14-17-5-8-20(9-6-17)32(30,31)21-13-18-3-1-2-4-22(18)26-15-21/h1-8,13-15,17H,9-12,16H2,(H,28,31);1-13,15-16H,14H2,(H,27,29). The molecule has 4 aromatic carbocycles. The van der Waals surface area contributed by atoms with Gasteiger partial charge in [-0.05, 0) is 90.0 Å². The summed E-state index contributed by atoms with van der Waals surface area (Å²) in [6.07, 6.45) is 11.6. The Morgan fingerprint density at radius 1 is 0.597 bits per heavy atom. The molecule has 18 heteroatoms. The lowest BCUT2D eigenvalue weighted by molar-refractivity contribution is 0.0942. The summed E-state index contributed by atoms with van der Waals surface area (Å²) in [5, 5.41) is 6.44. The van der Waals surface area contributed by atoms with Crippen LogP contribution in [0.25, 0.3) is 22.2 Å². The highest BCUT2D eigenvalue weighted by atomic mass is 32.2. The number of amides is 2. The van der Waals surface area contributed by atoms with Gasteiger partial charge >= 0.3 is 0 Å². The fourth-order valence-electron chi connectivity index (χ4n) is 7.43. The van der Waals surface area contributed by atoms with Crippen LogP contribution in [0.15, 0.2) is 184 Å². The van der Waals surface area contributed by atoms with Crippen molar-refractivity contribution in [2.24, 2.45) is 0 Å². The van der Waals surface area contributed by atoms with Crippen LogP contribution in [0.4, 0.5) is 10.1 Å². The van der Waals surface area contributed by atoms with Gasteiger partial charge < -0.3 is 29.1 Å². The molecule has 1 fully saturated rings. The second-order valence-electron chi connectivity index (χ2n) is 15.5. The molecule has 2 amide bonds. The second-order valence-corrected chi connectivity index (χ2v) is 19.4. The third-order valence-corrected chi connectivity index (χ3v) is 14.6. The zero-order valence-corrected chi connectivity index (χ0v) is 37.2. The number of hydrogen-bond donors (Lipinski definition) is 2. The molecule has 0 radical (unpaired) electrons. The SMILES string of the molecule is O=C(NCc1ccc(S(=O)(=O)c2cc(F)cc(N3CCOCC3)c2)cc1)c1ccc2nccn2c1.O=C(NCc1ccc(S(=O)(=O)c2cnc3ccccc3c2)cc1)c1ccc2nccn2c1. The number of carbonyl (C=O) groups excluding carboxylic acids is 2. The van der Waals surface area contributed by atoms with Gasteiger partial charge in [-0.3, -0.25) is 14.6 Å². The number of benzene rings is 4. The first-order valence-electron chi connectivity index (χ1n) is 21.0. The number of nitrogens with one attached hydrogen (secondary N) is 2. The molecule has 1 aliphatic heterocycles. The van der Waals surface area contributed by atoms with Crippen molar-refractivity contribution in [1.29, 1.82) is 0 Å². The van der Waals surface area contributed by atoms with E-state index in [1.54, 1.807) is 113 Å². The van der Waals surface area contributed by atoms with Crippen molar-refractivity contribution in [2.45, 2.75) is 32.7 Å². The molecule has 0 unspecified atom stereocenters. The van der Waals surface area contributed by atoms with Crippen molar-refractivity contribution < 1.29 is 35.6 Å². The van der Waals surface area contributed by atoms with Gasteiger partial charge in [-0.2, -0.15) is 0 Å². The Labute approximate surface area is 384 Å². The highest BCUT2D eigenvalue weighted by Crippen LogP contribution is 2.28. The molecular formula is C49H41FN8O7S2. The number of fused-ring (bicyclic) bond motifs is 3. The molecule has 5 aromatic heterocycles. The van der Waals surface area contributed by atoms with E-state index in [2.05, 4.69) is 25.6 Å². The molecule has 9 aromatic rings. The maximum absolute atomic E-state index is 14.3. The number of anilines is 1. The van der Waals surface area contributed by atoms with Gasteiger partial charge in [0.15, 0.2) is 0 Å². The van der Waals surface area contributed by atoms with Crippen LogP contribution in [0.1, 0.15) is 31.8 Å². The van der Waals surface area contributed by atoms with Crippen molar-refractivity contribution in [2.75, 3.05) is 31.2 Å². The Kier molecular flexibility index (Phi) is 12.6. The molecule has 6 heterocycles. The number of pyridine rings is 3. The molecule has 0 aliphatic carbocycles. The van der Waals surface area contributed by atoms with E-state index >= 15 is 0 Å². The summed E-state index contributed by atoms with van der Waals surface area (Å²) in [4.78, 5) is 39.7. The summed E-state index contributed by atoms with van der Waals surface area (Å²) in [5.74, 6) is -1.09. The Hall–Kier alpha value is -7.80. The number of sulfone groups is 2. The number of hydrogen-bond acceptors (Lipinski definition) is 11. The summed E-state index contributed by atoms with van der Waals surface area (Å²) >= 11 is 0. The Morgan fingerprint density at radius 3 is 1.70 bits per heavy atom. The molecule has 1 aliphatic rings. The van der Waals surface area contributed by atoms with Crippen LogP contribution in [-0.2, 0) is 37.5 Å². The van der Waals surface area contributed by atoms with Gasteiger partial charge in [-0.1, -0.05) is 42.5 Å². The van der Waals surface area contributed by atoms with E-state index in [0.717, 1.165) is 39.4 Å². The zero-order chi connectivity index (χ0) is 46.5. The van der Waals surface area contributed by atoms with Crippen molar-refractivity contribution in [1.82, 2.24) is 34.4 Å². The lowest BCUT2D eigenvalue weighted by Gasteiger charge is -2.29. The average molecular weight is 937 g/mol. The highest BCUT2D eigenvalue weighted by Gasteiger charge is 2.22. The molecule has 0 atom stereocenters. The van der Waals surface area contributed by atoms with Crippen molar-refractivity contribution in [3.05, 3.63) is 193 Å². The third kappa shape index (κ3) is 9.91. The van der Waals surface area contributed by atoms with Crippen LogP contribution in [0.3, 0.4) is 0 Å². The molecule has 1 saturated heterocycles. The number of imidazole rings is 2. The van der Waals surface area contributed by atoms with E-state index in [4.69, 9.17) is 4.74 Å². The van der Waals surface area contributed by atoms with Gasteiger partial charge in [-0.15, -0.1) is 0 Å². The quantitative estimate of drug-likeness (QED) is 0.140. The maximum Gasteiger partial charge on any atom is 0.253 e. The Bertz CT molecular complexity index is 3500. The minimum atomic E-state index is -3.92. The maximum atomic E-state index is 14.3. The number of para-hydroxylation sites is 1. The Balaban J connectivity index is 0.000000169. The van der Waals surface area contributed by atoms with Gasteiger partial charge in [0, 0.05) is 80.6 Å². The topological polar surface area (TPSA) is 186 Å². The minimum Gasteiger partial charge on any atom is -0.378 e. The molecule has 338 valence electrons. The lowest BCUT2D eigenvalue weighted by atomic mass is 10.2. The molecule has 15 nitrogen and oxygen atoms in total. The second kappa shape index (κ2) is 19.0. The number of halogens is 1. The molecule has 67 heavy (non-hydrogen) atoms. The minimum absolute atomic E-state index is 0.0525. The highest BCUT2D eigenvalue weighted by molar-refractivity contribution is 7.91. The van der Waals surface area contributed by atoms with Gasteiger partial charge in [0.25, 0.3) is 11.8 Å². The first-order chi connectivity index (χ1) is 32.4. The first-order valence-corrected chi connectivity index (χ1v) is 24.0. The predicted molar refractivity (Wildman–Crippen MR) is 248 cm³/mol. The van der Waals surface area contributed by atoms with Crippen LogP contribution in [0, 0.1) is 5.82 Å². The van der Waals surface area contributed by atoms with Crippen LogP contribution >= 0.6 is 0 Å². The van der Waals surface area contributed by atoms with E-state index < -0.39 is 25.5 Å². The monoisotopic (exact) mass is 936 g/mol. The summed E-state index contributed by atoms with van der Waals surface area (Å²) in [6.45, 7) is 2.66. The van der Waals surface area contributed by atoms with E-state index in [0.29, 0.717) is 43.1 Å². The summed E-state index contributed by atoms with van der Waals surface area (Å²) in [5.41, 5.74) is 5.28. The molecular weight excluding hydrogens is 896 g/mol. The normalized spacial score (nSPS) is 13.0. The van der Waals surface area contributed by atoms with Gasteiger partial charge in [0.2, 0.25) is 19.7 Å². The largest absolute Gasteiger partial charge is 0.378 e. The van der Waals surface area contributed by atoms with Gasteiger partial charge in [0.1, 0.15) is 17.1 Å². The third-order valence-electron chi connectivity index (χ3n) is 11.1. The number of aromatic nitrogens is 5. The molecule has 0 bridgehead atoms. The zero-order valence-electron chi connectivity index (χ0n) is 35.6. The summed E-state index contributed by atoms with van der Waals surface area (Å²) < 4.78 is 75.5.